The Morgan fingerprint density at radius 2 is 1.36 bits per heavy atom. The fourth-order valence-electron chi connectivity index (χ4n) is 1.52. The Labute approximate surface area is 164 Å². The van der Waals surface area contributed by atoms with E-state index in [9.17, 15) is 4.39 Å². The van der Waals surface area contributed by atoms with E-state index in [2.05, 4.69) is 66.0 Å². The summed E-state index contributed by atoms with van der Waals surface area (Å²) >= 11 is 3.35. The molecule has 0 nitrogen and oxygen atoms in total. The molecule has 2 aromatic carbocycles. The minimum Gasteiger partial charge on any atom is -0.207 e. The van der Waals surface area contributed by atoms with Gasteiger partial charge >= 0.3 is 0 Å². The summed E-state index contributed by atoms with van der Waals surface area (Å²) in [7, 11) is 0. The molecule has 0 radical (unpaired) electrons. The van der Waals surface area contributed by atoms with Gasteiger partial charge in [0.15, 0.2) is 0 Å². The second-order valence-corrected chi connectivity index (χ2v) is 7.28. The zero-order valence-corrected chi connectivity index (χ0v) is 18.8. The minimum atomic E-state index is -0.165. The number of hydrogen-bond donors (Lipinski definition) is 0. The summed E-state index contributed by atoms with van der Waals surface area (Å²) in [6.45, 7) is 12.8. The molecule has 3 heteroatoms. The van der Waals surface area contributed by atoms with Crippen LogP contribution in [-0.4, -0.2) is 12.5 Å². The summed E-state index contributed by atoms with van der Waals surface area (Å²) in [6, 6.07) is 13.1. The number of thioether (sulfide) groups is 2. The zero-order chi connectivity index (χ0) is 19.7. The van der Waals surface area contributed by atoms with Gasteiger partial charge in [0.2, 0.25) is 0 Å². The summed E-state index contributed by atoms with van der Waals surface area (Å²) < 4.78 is 12.3. The molecule has 0 atom stereocenters. The van der Waals surface area contributed by atoms with Crippen LogP contribution in [0.5, 0.6) is 0 Å². The molecule has 0 fully saturated rings. The molecule has 25 heavy (non-hydrogen) atoms. The average Bonchev–Trinajstić information content (AvgIpc) is 2.59. The van der Waals surface area contributed by atoms with Crippen LogP contribution in [0.25, 0.3) is 0 Å². The van der Waals surface area contributed by atoms with Gasteiger partial charge in [0.25, 0.3) is 0 Å². The van der Waals surface area contributed by atoms with Crippen LogP contribution in [0.4, 0.5) is 4.39 Å². The van der Waals surface area contributed by atoms with Gasteiger partial charge in [-0.05, 0) is 56.2 Å². The molecule has 0 aromatic heterocycles. The molecule has 0 aliphatic carbocycles. The van der Waals surface area contributed by atoms with E-state index in [4.69, 9.17) is 0 Å². The van der Waals surface area contributed by atoms with Crippen LogP contribution in [0.3, 0.4) is 0 Å². The molecule has 0 saturated carbocycles. The van der Waals surface area contributed by atoms with Gasteiger partial charge in [-0.15, -0.1) is 23.5 Å². The van der Waals surface area contributed by atoms with Crippen molar-refractivity contribution in [1.82, 2.24) is 0 Å². The summed E-state index contributed by atoms with van der Waals surface area (Å²) in [5.74, 6) is -0.165. The van der Waals surface area contributed by atoms with E-state index < -0.39 is 0 Å². The van der Waals surface area contributed by atoms with Crippen molar-refractivity contribution in [3.63, 3.8) is 0 Å². The molecule has 142 valence electrons. The Morgan fingerprint density at radius 1 is 0.800 bits per heavy atom. The predicted molar refractivity (Wildman–Crippen MR) is 118 cm³/mol. The van der Waals surface area contributed by atoms with Gasteiger partial charge in [-0.3, -0.25) is 0 Å². The van der Waals surface area contributed by atoms with Gasteiger partial charge in [0.05, 0.1) is 0 Å². The molecule has 0 amide bonds. The number of halogens is 1. The third-order valence-electron chi connectivity index (χ3n) is 2.60. The van der Waals surface area contributed by atoms with Crippen molar-refractivity contribution in [1.29, 1.82) is 0 Å². The Balaban J connectivity index is 0. The van der Waals surface area contributed by atoms with Gasteiger partial charge in [-0.25, -0.2) is 4.39 Å². The first-order chi connectivity index (χ1) is 11.9. The molecule has 2 rings (SSSR count). The van der Waals surface area contributed by atoms with Crippen LogP contribution < -0.4 is 0 Å². The molecule has 0 saturated heterocycles. The molecular weight excluding hydrogens is 347 g/mol. The maximum Gasteiger partial charge on any atom is 0.124 e. The van der Waals surface area contributed by atoms with Crippen molar-refractivity contribution in [3.05, 3.63) is 59.4 Å². The largest absolute Gasteiger partial charge is 0.207 e. The van der Waals surface area contributed by atoms with Gasteiger partial charge in [0.1, 0.15) is 5.82 Å². The predicted octanol–water partition coefficient (Wildman–Crippen LogP) is 8.41. The van der Waals surface area contributed by atoms with E-state index in [1.807, 2.05) is 24.1 Å². The highest BCUT2D eigenvalue weighted by Gasteiger charge is 1.94. The van der Waals surface area contributed by atoms with Gasteiger partial charge < -0.3 is 0 Å². The molecular formula is C22H35FS2. The lowest BCUT2D eigenvalue weighted by Crippen LogP contribution is -1.79. The summed E-state index contributed by atoms with van der Waals surface area (Å²) in [5.41, 5.74) is 2.72. The highest BCUT2D eigenvalue weighted by molar-refractivity contribution is 7.98. The van der Waals surface area contributed by atoms with Gasteiger partial charge in [-0.2, -0.15) is 0 Å². The molecule has 2 aromatic rings. The first-order valence-corrected chi connectivity index (χ1v) is 11.3. The summed E-state index contributed by atoms with van der Waals surface area (Å²) in [4.78, 5) is 2.36. The van der Waals surface area contributed by atoms with E-state index in [1.165, 1.54) is 41.0 Å². The second kappa shape index (κ2) is 17.9. The first kappa shape index (κ1) is 26.3. The normalized spacial score (nSPS) is 8.84. The maximum atomic E-state index is 12.3. The molecule has 0 bridgehead atoms. The number of benzene rings is 2. The van der Waals surface area contributed by atoms with E-state index in [0.29, 0.717) is 0 Å². The smallest absolute Gasteiger partial charge is 0.124 e. The van der Waals surface area contributed by atoms with Crippen LogP contribution in [0.15, 0.2) is 52.3 Å². The van der Waals surface area contributed by atoms with Crippen LogP contribution in [0.1, 0.15) is 51.7 Å². The topological polar surface area (TPSA) is 0 Å². The number of rotatable bonds is 2. The maximum absolute atomic E-state index is 12.3. The Kier molecular flexibility index (Phi) is 18.8. The standard InChI is InChI=1S/C9H12S.C7H7FS.2C3H8/c1-7-4-5-8(2)9(6-7)10-3;1-9-7-4-2-3-6(8)5-7;2*1-3-2/h4-6H,1-3H3;2-5H,1H3;2*3H2,1-2H3. The molecule has 0 heterocycles. The molecule has 0 unspecified atom stereocenters. The van der Waals surface area contributed by atoms with Crippen molar-refractivity contribution in [3.8, 4) is 0 Å². The lowest BCUT2D eigenvalue weighted by Gasteiger charge is -2.01. The van der Waals surface area contributed by atoms with Gasteiger partial charge in [-0.1, -0.05) is 64.3 Å². The van der Waals surface area contributed by atoms with Crippen molar-refractivity contribution < 1.29 is 4.39 Å². The SMILES string of the molecule is CCC.CCC.CSc1cc(C)ccc1C.CSc1cccc(F)c1. The lowest BCUT2D eigenvalue weighted by atomic mass is 10.2. The Hall–Kier alpha value is -0.930. The quantitative estimate of drug-likeness (QED) is 0.478. The van der Waals surface area contributed by atoms with Crippen molar-refractivity contribution >= 4 is 23.5 Å². The number of aryl methyl sites for hydroxylation is 2. The molecule has 0 spiro atoms. The van der Waals surface area contributed by atoms with Gasteiger partial charge in [0, 0.05) is 9.79 Å². The third-order valence-corrected chi connectivity index (χ3v) is 4.20. The highest BCUT2D eigenvalue weighted by atomic mass is 32.2. The monoisotopic (exact) mass is 382 g/mol. The lowest BCUT2D eigenvalue weighted by molar-refractivity contribution is 0.624. The Bertz CT molecular complexity index is 551. The zero-order valence-electron chi connectivity index (χ0n) is 17.2. The fraction of sp³-hybridized carbons (Fsp3) is 0.455. The van der Waals surface area contributed by atoms with E-state index >= 15 is 0 Å². The van der Waals surface area contributed by atoms with Crippen molar-refractivity contribution in [2.24, 2.45) is 0 Å². The van der Waals surface area contributed by atoms with Crippen molar-refractivity contribution in [2.45, 2.75) is 64.2 Å². The average molecular weight is 383 g/mol. The second-order valence-electron chi connectivity index (χ2n) is 5.55. The summed E-state index contributed by atoms with van der Waals surface area (Å²) in [6.07, 6.45) is 6.54. The van der Waals surface area contributed by atoms with Crippen LogP contribution >= 0.6 is 23.5 Å². The molecule has 0 aliphatic rings. The van der Waals surface area contributed by atoms with Crippen LogP contribution in [0.2, 0.25) is 0 Å². The fourth-order valence-corrected chi connectivity index (χ4v) is 2.66. The minimum absolute atomic E-state index is 0.165. The van der Waals surface area contributed by atoms with Crippen LogP contribution in [-0.2, 0) is 0 Å². The Morgan fingerprint density at radius 3 is 1.72 bits per heavy atom. The molecule has 0 N–H and O–H groups in total. The number of hydrogen-bond acceptors (Lipinski definition) is 2. The first-order valence-electron chi connectivity index (χ1n) is 8.80. The van der Waals surface area contributed by atoms with E-state index in [-0.39, 0.29) is 5.82 Å². The summed E-state index contributed by atoms with van der Waals surface area (Å²) in [5, 5.41) is 0. The van der Waals surface area contributed by atoms with Crippen molar-refractivity contribution in [2.75, 3.05) is 12.5 Å². The van der Waals surface area contributed by atoms with E-state index in [1.54, 1.807) is 17.8 Å². The molecule has 0 aliphatic heterocycles. The highest BCUT2D eigenvalue weighted by Crippen LogP contribution is 2.20. The van der Waals surface area contributed by atoms with Crippen LogP contribution in [0, 0.1) is 19.7 Å². The third kappa shape index (κ3) is 15.1. The van der Waals surface area contributed by atoms with E-state index in [0.717, 1.165) is 4.90 Å².